The van der Waals surface area contributed by atoms with Crippen LogP contribution in [0.4, 0.5) is 4.79 Å². The van der Waals surface area contributed by atoms with Crippen LogP contribution in [0.1, 0.15) is 12.0 Å². The smallest absolute Gasteiger partial charge is 0.315 e. The SMILES string of the molecule is NC(=O)N1C[C@H]2C[C@@H]1CN2CCc1ccc(Oc2nc3ncccc3s2)cc1. The Morgan fingerprint density at radius 1 is 1.21 bits per heavy atom. The minimum absolute atomic E-state index is 0.286. The molecular formula is C20H21N5O2S. The predicted molar refractivity (Wildman–Crippen MR) is 108 cm³/mol. The number of fused-ring (bicyclic) bond motifs is 3. The molecule has 2 saturated heterocycles. The molecule has 0 aliphatic carbocycles. The van der Waals surface area contributed by atoms with Crippen LogP contribution in [0, 0.1) is 0 Å². The first-order valence-electron chi connectivity index (χ1n) is 9.44. The van der Waals surface area contributed by atoms with E-state index in [0.29, 0.717) is 22.9 Å². The summed E-state index contributed by atoms with van der Waals surface area (Å²) < 4.78 is 6.90. The molecule has 2 aromatic heterocycles. The number of primary amides is 1. The van der Waals surface area contributed by atoms with Crippen molar-refractivity contribution in [1.29, 1.82) is 0 Å². The zero-order valence-corrected chi connectivity index (χ0v) is 16.1. The Morgan fingerprint density at radius 3 is 2.79 bits per heavy atom. The summed E-state index contributed by atoms with van der Waals surface area (Å²) in [6.45, 7) is 2.70. The number of hydrogen-bond donors (Lipinski definition) is 1. The maximum absolute atomic E-state index is 11.4. The topological polar surface area (TPSA) is 84.6 Å². The van der Waals surface area contributed by atoms with Crippen LogP contribution >= 0.6 is 11.3 Å². The van der Waals surface area contributed by atoms with Crippen molar-refractivity contribution in [1.82, 2.24) is 19.8 Å². The molecule has 2 N–H and O–H groups in total. The molecular weight excluding hydrogens is 374 g/mol. The molecule has 0 spiro atoms. The van der Waals surface area contributed by atoms with E-state index in [0.717, 1.165) is 42.9 Å². The number of aromatic nitrogens is 2. The van der Waals surface area contributed by atoms with Gasteiger partial charge in [0.15, 0.2) is 5.65 Å². The Balaban J connectivity index is 1.17. The van der Waals surface area contributed by atoms with Crippen molar-refractivity contribution in [2.75, 3.05) is 19.6 Å². The number of likely N-dealkylation sites (tertiary alicyclic amines) is 2. The number of carbonyl (C=O) groups excluding carboxylic acids is 1. The van der Waals surface area contributed by atoms with E-state index in [1.165, 1.54) is 16.9 Å². The van der Waals surface area contributed by atoms with Gasteiger partial charge in [0.05, 0.1) is 4.70 Å². The fraction of sp³-hybridized carbons (Fsp3) is 0.350. The first-order chi connectivity index (χ1) is 13.7. The molecule has 3 aromatic rings. The summed E-state index contributed by atoms with van der Waals surface area (Å²) in [5.74, 6) is 0.778. The normalized spacial score (nSPS) is 21.5. The second kappa shape index (κ2) is 7.03. The molecule has 1 aromatic carbocycles. The van der Waals surface area contributed by atoms with Crippen LogP contribution in [-0.2, 0) is 6.42 Å². The molecule has 7 nitrogen and oxygen atoms in total. The zero-order valence-electron chi connectivity index (χ0n) is 15.3. The average Bonchev–Trinajstić information content (AvgIpc) is 3.40. The van der Waals surface area contributed by atoms with Gasteiger partial charge in [0.1, 0.15) is 5.75 Å². The number of nitrogens with two attached hydrogens (primary N) is 1. The van der Waals surface area contributed by atoms with Crippen molar-refractivity contribution >= 4 is 27.7 Å². The molecule has 2 aliphatic rings. The number of amides is 2. The van der Waals surface area contributed by atoms with Crippen molar-refractivity contribution in [3.63, 3.8) is 0 Å². The van der Waals surface area contributed by atoms with Gasteiger partial charge < -0.3 is 15.4 Å². The van der Waals surface area contributed by atoms with E-state index in [2.05, 4.69) is 27.0 Å². The lowest BCUT2D eigenvalue weighted by Crippen LogP contribution is -2.50. The maximum atomic E-state index is 11.4. The monoisotopic (exact) mass is 395 g/mol. The number of benzene rings is 1. The molecule has 2 amide bonds. The van der Waals surface area contributed by atoms with Crippen LogP contribution in [0.5, 0.6) is 10.9 Å². The van der Waals surface area contributed by atoms with Crippen LogP contribution in [0.3, 0.4) is 0 Å². The first-order valence-corrected chi connectivity index (χ1v) is 10.3. The van der Waals surface area contributed by atoms with Crippen molar-refractivity contribution in [3.8, 4) is 10.9 Å². The summed E-state index contributed by atoms with van der Waals surface area (Å²) in [5, 5.41) is 0.605. The summed E-state index contributed by atoms with van der Waals surface area (Å²) in [4.78, 5) is 24.3. The van der Waals surface area contributed by atoms with Gasteiger partial charge in [0.25, 0.3) is 5.19 Å². The van der Waals surface area contributed by atoms with E-state index in [-0.39, 0.29) is 6.03 Å². The molecule has 0 unspecified atom stereocenters. The van der Waals surface area contributed by atoms with Crippen molar-refractivity contribution in [2.45, 2.75) is 24.9 Å². The van der Waals surface area contributed by atoms with Gasteiger partial charge in [0, 0.05) is 37.9 Å². The van der Waals surface area contributed by atoms with Gasteiger partial charge in [-0.15, -0.1) is 0 Å². The van der Waals surface area contributed by atoms with Crippen LogP contribution in [0.25, 0.3) is 10.3 Å². The number of pyridine rings is 1. The Labute approximate surface area is 166 Å². The molecule has 2 bridgehead atoms. The molecule has 2 atom stereocenters. The lowest BCUT2D eigenvalue weighted by Gasteiger charge is -2.33. The van der Waals surface area contributed by atoms with Crippen molar-refractivity contribution in [3.05, 3.63) is 48.2 Å². The maximum Gasteiger partial charge on any atom is 0.315 e. The van der Waals surface area contributed by atoms with Crippen LogP contribution in [0.15, 0.2) is 42.6 Å². The van der Waals surface area contributed by atoms with E-state index in [9.17, 15) is 4.79 Å². The number of nitrogens with zero attached hydrogens (tertiary/aromatic N) is 4. The zero-order chi connectivity index (χ0) is 19.1. The molecule has 5 rings (SSSR count). The molecule has 0 saturated carbocycles. The summed E-state index contributed by atoms with van der Waals surface area (Å²) in [6, 6.07) is 12.5. The third kappa shape index (κ3) is 3.29. The summed E-state index contributed by atoms with van der Waals surface area (Å²) in [5.41, 5.74) is 7.42. The van der Waals surface area contributed by atoms with E-state index in [4.69, 9.17) is 10.5 Å². The fourth-order valence-corrected chi connectivity index (χ4v) is 4.98. The van der Waals surface area contributed by atoms with Gasteiger partial charge in [-0.3, -0.25) is 4.90 Å². The van der Waals surface area contributed by atoms with E-state index in [1.54, 1.807) is 6.20 Å². The number of thiazole rings is 1. The third-order valence-electron chi connectivity index (χ3n) is 5.60. The van der Waals surface area contributed by atoms with Gasteiger partial charge in [-0.05, 0) is 42.7 Å². The molecule has 0 radical (unpaired) electrons. The average molecular weight is 395 g/mol. The molecule has 8 heteroatoms. The predicted octanol–water partition coefficient (Wildman–Crippen LogP) is 2.86. The van der Waals surface area contributed by atoms with E-state index >= 15 is 0 Å². The van der Waals surface area contributed by atoms with Gasteiger partial charge in [0.2, 0.25) is 0 Å². The number of ether oxygens (including phenoxy) is 1. The summed E-state index contributed by atoms with van der Waals surface area (Å²) in [6.07, 6.45) is 3.76. The highest BCUT2D eigenvalue weighted by atomic mass is 32.1. The Morgan fingerprint density at radius 2 is 2.07 bits per heavy atom. The summed E-state index contributed by atoms with van der Waals surface area (Å²) in [7, 11) is 0. The van der Waals surface area contributed by atoms with Gasteiger partial charge in [-0.25, -0.2) is 9.78 Å². The second-order valence-corrected chi connectivity index (χ2v) is 8.32. The number of rotatable bonds is 5. The van der Waals surface area contributed by atoms with E-state index in [1.807, 2.05) is 29.2 Å². The first kappa shape index (κ1) is 17.4. The van der Waals surface area contributed by atoms with Crippen LogP contribution in [0.2, 0.25) is 0 Å². The second-order valence-electron chi connectivity index (χ2n) is 7.33. The largest absolute Gasteiger partial charge is 0.431 e. The van der Waals surface area contributed by atoms with E-state index < -0.39 is 0 Å². The number of carbonyl (C=O) groups is 1. The quantitative estimate of drug-likeness (QED) is 0.718. The van der Waals surface area contributed by atoms with Crippen LogP contribution in [-0.4, -0.2) is 57.5 Å². The highest BCUT2D eigenvalue weighted by Gasteiger charge is 2.44. The highest BCUT2D eigenvalue weighted by Crippen LogP contribution is 2.31. The van der Waals surface area contributed by atoms with Gasteiger partial charge >= 0.3 is 6.03 Å². The Kier molecular flexibility index (Phi) is 4.37. The van der Waals surface area contributed by atoms with Gasteiger partial charge in [-0.1, -0.05) is 23.5 Å². The molecule has 144 valence electrons. The molecule has 28 heavy (non-hydrogen) atoms. The summed E-state index contributed by atoms with van der Waals surface area (Å²) >= 11 is 1.49. The Bertz CT molecular complexity index is 972. The minimum Gasteiger partial charge on any atom is -0.431 e. The molecule has 4 heterocycles. The fourth-order valence-electron chi connectivity index (χ4n) is 4.18. The highest BCUT2D eigenvalue weighted by molar-refractivity contribution is 7.20. The van der Waals surface area contributed by atoms with Gasteiger partial charge in [-0.2, -0.15) is 4.98 Å². The molecule has 2 aliphatic heterocycles. The van der Waals surface area contributed by atoms with Crippen molar-refractivity contribution < 1.29 is 9.53 Å². The van der Waals surface area contributed by atoms with Crippen molar-refractivity contribution in [2.24, 2.45) is 5.73 Å². The molecule has 2 fully saturated rings. The van der Waals surface area contributed by atoms with Crippen LogP contribution < -0.4 is 10.5 Å². The lowest BCUT2D eigenvalue weighted by atomic mass is 10.1. The number of hydrogen-bond acceptors (Lipinski definition) is 6. The minimum atomic E-state index is -0.286. The number of piperazine rings is 1. The lowest BCUT2D eigenvalue weighted by molar-refractivity contribution is 0.142. The standard InChI is InChI=1S/C20H21N5O2S/c21-19(26)25-12-14-10-15(25)11-24(14)9-7-13-3-5-16(6-4-13)27-20-23-18-17(28-20)2-1-8-22-18/h1-6,8,14-15H,7,9-12H2,(H2,21,26)/t14-,15-/m1/s1. The Hall–Kier alpha value is -2.71. The third-order valence-corrected chi connectivity index (χ3v) is 6.49. The number of urea groups is 1.